The highest BCUT2D eigenvalue weighted by Gasteiger charge is 2.26. The Balaban J connectivity index is 2.43. The zero-order valence-corrected chi connectivity index (χ0v) is 8.90. The van der Waals surface area contributed by atoms with E-state index in [9.17, 15) is 4.79 Å². The molecule has 2 unspecified atom stereocenters. The molecule has 1 heterocycles. The van der Waals surface area contributed by atoms with E-state index < -0.39 is 12.1 Å². The molecule has 1 aliphatic heterocycles. The summed E-state index contributed by atoms with van der Waals surface area (Å²) in [6.07, 6.45) is 3.45. The molecule has 0 aliphatic carbocycles. The third-order valence-electron chi connectivity index (χ3n) is 2.97. The molecule has 1 saturated heterocycles. The van der Waals surface area contributed by atoms with Crippen LogP contribution in [0.5, 0.6) is 0 Å². The van der Waals surface area contributed by atoms with Crippen molar-refractivity contribution in [2.45, 2.75) is 37.8 Å². The molecule has 0 aromatic heterocycles. The quantitative estimate of drug-likeness (QED) is 0.736. The number of hydrogen-bond donors (Lipinski definition) is 1. The predicted molar refractivity (Wildman–Crippen MR) is 53.3 cm³/mol. The first-order chi connectivity index (χ1) is 6.65. The second kappa shape index (κ2) is 5.32. The number of carboxylic acid groups (broad SMARTS) is 1. The molecule has 0 radical (unpaired) electrons. The summed E-state index contributed by atoms with van der Waals surface area (Å²) in [5, 5.41) is 8.85. The van der Waals surface area contributed by atoms with Gasteiger partial charge in [-0.05, 0) is 32.9 Å². The van der Waals surface area contributed by atoms with Gasteiger partial charge in [0.1, 0.15) is 0 Å². The molecule has 1 aliphatic rings. The Morgan fingerprint density at radius 2 is 2.36 bits per heavy atom. The van der Waals surface area contributed by atoms with Crippen LogP contribution in [0.2, 0.25) is 0 Å². The molecule has 0 spiro atoms. The predicted octanol–water partition coefficient (Wildman–Crippen LogP) is 0.960. The van der Waals surface area contributed by atoms with Crippen LogP contribution in [0.1, 0.15) is 25.7 Å². The van der Waals surface area contributed by atoms with Crippen LogP contribution in [0.25, 0.3) is 0 Å². The van der Waals surface area contributed by atoms with E-state index in [2.05, 4.69) is 11.9 Å². The van der Waals surface area contributed by atoms with E-state index in [1.165, 1.54) is 20.0 Å². The van der Waals surface area contributed by atoms with Gasteiger partial charge in [0.2, 0.25) is 0 Å². The number of likely N-dealkylation sites (tertiary alicyclic amines) is 1. The van der Waals surface area contributed by atoms with Gasteiger partial charge < -0.3 is 14.7 Å². The van der Waals surface area contributed by atoms with Gasteiger partial charge in [0.15, 0.2) is 6.10 Å². The number of hydrogen-bond acceptors (Lipinski definition) is 3. The molecule has 4 heteroatoms. The van der Waals surface area contributed by atoms with Gasteiger partial charge in [-0.15, -0.1) is 0 Å². The molecule has 0 amide bonds. The van der Waals surface area contributed by atoms with E-state index in [0.717, 1.165) is 13.0 Å². The number of piperidine rings is 1. The fraction of sp³-hybridized carbons (Fsp3) is 0.900. The molecule has 1 fully saturated rings. The molecular weight excluding hydrogens is 182 g/mol. The zero-order chi connectivity index (χ0) is 10.6. The average molecular weight is 201 g/mol. The first-order valence-corrected chi connectivity index (χ1v) is 5.11. The van der Waals surface area contributed by atoms with E-state index in [1.54, 1.807) is 0 Å². The van der Waals surface area contributed by atoms with Crippen LogP contribution in [-0.2, 0) is 9.53 Å². The molecule has 14 heavy (non-hydrogen) atoms. The number of ether oxygens (including phenoxy) is 1. The minimum absolute atomic E-state index is 0.366. The number of aliphatic carboxylic acids is 1. The Hall–Kier alpha value is -0.610. The standard InChI is InChI=1S/C10H19NO3/c1-11-6-4-3-5-8(11)7-9(14-2)10(12)13/h8-9H,3-7H2,1-2H3,(H,12,13). The van der Waals surface area contributed by atoms with Crippen LogP contribution >= 0.6 is 0 Å². The van der Waals surface area contributed by atoms with Crippen molar-refractivity contribution in [3.8, 4) is 0 Å². The summed E-state index contributed by atoms with van der Waals surface area (Å²) in [6, 6.07) is 0.366. The van der Waals surface area contributed by atoms with Crippen molar-refractivity contribution in [2.24, 2.45) is 0 Å². The fourth-order valence-corrected chi connectivity index (χ4v) is 1.99. The highest BCUT2D eigenvalue weighted by molar-refractivity contribution is 5.72. The maximum absolute atomic E-state index is 10.8. The van der Waals surface area contributed by atoms with Crippen molar-refractivity contribution in [1.82, 2.24) is 4.90 Å². The molecular formula is C10H19NO3. The second-order valence-electron chi connectivity index (χ2n) is 3.93. The van der Waals surface area contributed by atoms with E-state index in [4.69, 9.17) is 9.84 Å². The molecule has 0 aromatic rings. The van der Waals surface area contributed by atoms with E-state index in [0.29, 0.717) is 12.5 Å². The van der Waals surface area contributed by atoms with Crippen LogP contribution in [0.15, 0.2) is 0 Å². The van der Waals surface area contributed by atoms with Crippen LogP contribution in [-0.4, -0.2) is 48.8 Å². The molecule has 1 rings (SSSR count). The summed E-state index contributed by atoms with van der Waals surface area (Å²) in [5.41, 5.74) is 0. The third kappa shape index (κ3) is 2.96. The van der Waals surface area contributed by atoms with Crippen LogP contribution in [0.3, 0.4) is 0 Å². The maximum atomic E-state index is 10.8. The smallest absolute Gasteiger partial charge is 0.332 e. The maximum Gasteiger partial charge on any atom is 0.332 e. The van der Waals surface area contributed by atoms with Crippen molar-refractivity contribution >= 4 is 5.97 Å². The van der Waals surface area contributed by atoms with Crippen molar-refractivity contribution < 1.29 is 14.6 Å². The van der Waals surface area contributed by atoms with Gasteiger partial charge in [-0.3, -0.25) is 0 Å². The first kappa shape index (κ1) is 11.5. The molecule has 0 saturated carbocycles. The normalized spacial score (nSPS) is 26.0. The second-order valence-corrected chi connectivity index (χ2v) is 3.93. The van der Waals surface area contributed by atoms with Gasteiger partial charge in [-0.2, -0.15) is 0 Å². The Labute approximate surface area is 84.8 Å². The number of carboxylic acids is 1. The Kier molecular flexibility index (Phi) is 4.35. The molecule has 0 bridgehead atoms. The lowest BCUT2D eigenvalue weighted by Gasteiger charge is -2.33. The van der Waals surface area contributed by atoms with Crippen molar-refractivity contribution in [3.63, 3.8) is 0 Å². The lowest BCUT2D eigenvalue weighted by atomic mass is 9.97. The van der Waals surface area contributed by atoms with Gasteiger partial charge in [0.25, 0.3) is 0 Å². The topological polar surface area (TPSA) is 49.8 Å². The monoisotopic (exact) mass is 201 g/mol. The van der Waals surface area contributed by atoms with E-state index >= 15 is 0 Å². The minimum atomic E-state index is -0.855. The summed E-state index contributed by atoms with van der Waals surface area (Å²) in [5.74, 6) is -0.855. The molecule has 82 valence electrons. The average Bonchev–Trinajstić information content (AvgIpc) is 2.16. The summed E-state index contributed by atoms with van der Waals surface area (Å²) in [4.78, 5) is 13.0. The molecule has 1 N–H and O–H groups in total. The first-order valence-electron chi connectivity index (χ1n) is 5.11. The lowest BCUT2D eigenvalue weighted by molar-refractivity contribution is -0.149. The van der Waals surface area contributed by atoms with E-state index in [-0.39, 0.29) is 0 Å². The Morgan fingerprint density at radius 3 is 2.86 bits per heavy atom. The molecule has 2 atom stereocenters. The highest BCUT2D eigenvalue weighted by atomic mass is 16.5. The van der Waals surface area contributed by atoms with E-state index in [1.807, 2.05) is 0 Å². The van der Waals surface area contributed by atoms with Crippen LogP contribution in [0.4, 0.5) is 0 Å². The summed E-state index contributed by atoms with van der Waals surface area (Å²) in [7, 11) is 3.51. The number of methoxy groups -OCH3 is 1. The Morgan fingerprint density at radius 1 is 1.64 bits per heavy atom. The zero-order valence-electron chi connectivity index (χ0n) is 8.90. The minimum Gasteiger partial charge on any atom is -0.479 e. The van der Waals surface area contributed by atoms with Crippen LogP contribution in [0, 0.1) is 0 Å². The van der Waals surface area contributed by atoms with Crippen LogP contribution < -0.4 is 0 Å². The van der Waals surface area contributed by atoms with Crippen molar-refractivity contribution in [3.05, 3.63) is 0 Å². The van der Waals surface area contributed by atoms with Gasteiger partial charge in [-0.1, -0.05) is 6.42 Å². The van der Waals surface area contributed by atoms with Gasteiger partial charge in [0, 0.05) is 13.2 Å². The largest absolute Gasteiger partial charge is 0.479 e. The van der Waals surface area contributed by atoms with Crippen molar-refractivity contribution in [2.75, 3.05) is 20.7 Å². The van der Waals surface area contributed by atoms with Gasteiger partial charge in [0.05, 0.1) is 0 Å². The highest BCUT2D eigenvalue weighted by Crippen LogP contribution is 2.19. The van der Waals surface area contributed by atoms with Gasteiger partial charge >= 0.3 is 5.97 Å². The summed E-state index contributed by atoms with van der Waals surface area (Å²) < 4.78 is 4.94. The number of rotatable bonds is 4. The van der Waals surface area contributed by atoms with Gasteiger partial charge in [-0.25, -0.2) is 4.79 Å². The lowest BCUT2D eigenvalue weighted by Crippen LogP contribution is -2.40. The number of nitrogens with zero attached hydrogens (tertiary/aromatic N) is 1. The third-order valence-corrected chi connectivity index (χ3v) is 2.97. The Bertz CT molecular complexity index is 196. The van der Waals surface area contributed by atoms with Crippen molar-refractivity contribution in [1.29, 1.82) is 0 Å². The SMILES string of the molecule is COC(CC1CCCCN1C)C(=O)O. The number of carbonyl (C=O) groups is 1. The fourth-order valence-electron chi connectivity index (χ4n) is 1.99. The molecule has 0 aromatic carbocycles. The summed E-state index contributed by atoms with van der Waals surface area (Å²) in [6.45, 7) is 1.07. The summed E-state index contributed by atoms with van der Waals surface area (Å²) >= 11 is 0. The molecule has 4 nitrogen and oxygen atoms in total.